The summed E-state index contributed by atoms with van der Waals surface area (Å²) >= 11 is 5.86. The third-order valence-electron chi connectivity index (χ3n) is 3.66. The van der Waals surface area contributed by atoms with Gasteiger partial charge in [0, 0.05) is 5.02 Å². The molecular weight excluding hydrogens is 298 g/mol. The van der Waals surface area contributed by atoms with Crippen LogP contribution in [0.3, 0.4) is 0 Å². The van der Waals surface area contributed by atoms with Gasteiger partial charge >= 0.3 is 0 Å². The van der Waals surface area contributed by atoms with Gasteiger partial charge < -0.3 is 10.1 Å². The summed E-state index contributed by atoms with van der Waals surface area (Å²) in [5.74, 6) is 0.595. The molecule has 2 aromatic rings. The molecule has 4 heteroatoms. The Labute approximate surface area is 136 Å². The summed E-state index contributed by atoms with van der Waals surface area (Å²) in [6.45, 7) is 5.94. The number of hydrogen-bond donors (Lipinski definition) is 1. The van der Waals surface area contributed by atoms with Gasteiger partial charge in [-0.1, -0.05) is 35.9 Å². The van der Waals surface area contributed by atoms with Gasteiger partial charge in [-0.3, -0.25) is 4.79 Å². The summed E-state index contributed by atoms with van der Waals surface area (Å²) in [5, 5.41) is 3.59. The van der Waals surface area contributed by atoms with Gasteiger partial charge in [-0.05, 0) is 55.7 Å². The van der Waals surface area contributed by atoms with Crippen molar-refractivity contribution < 1.29 is 9.53 Å². The number of halogens is 1. The second-order valence-electron chi connectivity index (χ2n) is 5.33. The molecule has 0 spiro atoms. The van der Waals surface area contributed by atoms with E-state index in [9.17, 15) is 4.79 Å². The molecule has 1 amide bonds. The van der Waals surface area contributed by atoms with Crippen molar-refractivity contribution in [1.29, 1.82) is 0 Å². The molecule has 1 atom stereocenters. The van der Waals surface area contributed by atoms with E-state index in [1.807, 2.05) is 63.2 Å². The summed E-state index contributed by atoms with van der Waals surface area (Å²) in [6.07, 6.45) is 0. The van der Waals surface area contributed by atoms with Gasteiger partial charge in [0.15, 0.2) is 6.61 Å². The lowest BCUT2D eigenvalue weighted by atomic mass is 10.1. The van der Waals surface area contributed by atoms with E-state index in [1.54, 1.807) is 0 Å². The fourth-order valence-electron chi connectivity index (χ4n) is 2.14. The van der Waals surface area contributed by atoms with Crippen molar-refractivity contribution in [3.8, 4) is 5.75 Å². The van der Waals surface area contributed by atoms with Crippen LogP contribution in [0.1, 0.15) is 29.7 Å². The summed E-state index contributed by atoms with van der Waals surface area (Å²) < 4.78 is 5.60. The average molecular weight is 318 g/mol. The molecule has 0 radical (unpaired) electrons. The van der Waals surface area contributed by atoms with E-state index in [2.05, 4.69) is 5.32 Å². The van der Waals surface area contributed by atoms with Crippen molar-refractivity contribution in [2.75, 3.05) is 6.61 Å². The van der Waals surface area contributed by atoms with E-state index in [1.165, 1.54) is 0 Å². The van der Waals surface area contributed by atoms with Crippen LogP contribution in [0.25, 0.3) is 0 Å². The molecular formula is C18H20ClNO2. The molecule has 0 saturated carbocycles. The van der Waals surface area contributed by atoms with Gasteiger partial charge in [0.1, 0.15) is 5.75 Å². The third-order valence-corrected chi connectivity index (χ3v) is 3.91. The van der Waals surface area contributed by atoms with E-state index in [0.29, 0.717) is 5.02 Å². The van der Waals surface area contributed by atoms with Crippen LogP contribution in [-0.2, 0) is 4.79 Å². The number of aryl methyl sites for hydroxylation is 1. The lowest BCUT2D eigenvalue weighted by Gasteiger charge is -2.15. The maximum atomic E-state index is 12.0. The van der Waals surface area contributed by atoms with Crippen molar-refractivity contribution in [2.45, 2.75) is 26.8 Å². The van der Waals surface area contributed by atoms with Gasteiger partial charge in [-0.25, -0.2) is 0 Å². The zero-order valence-electron chi connectivity index (χ0n) is 13.0. The number of carbonyl (C=O) groups excluding carboxylic acids is 1. The van der Waals surface area contributed by atoms with Crippen LogP contribution in [0.5, 0.6) is 5.75 Å². The Morgan fingerprint density at radius 1 is 1.18 bits per heavy atom. The number of amides is 1. The number of nitrogens with one attached hydrogen (secondary N) is 1. The van der Waals surface area contributed by atoms with E-state index in [0.717, 1.165) is 22.4 Å². The van der Waals surface area contributed by atoms with Gasteiger partial charge in [0.2, 0.25) is 0 Å². The number of ether oxygens (including phenoxy) is 1. The predicted octanol–water partition coefficient (Wildman–Crippen LogP) is 4.21. The fourth-order valence-corrected chi connectivity index (χ4v) is 2.27. The highest BCUT2D eigenvalue weighted by Gasteiger charge is 2.11. The highest BCUT2D eigenvalue weighted by molar-refractivity contribution is 6.30. The van der Waals surface area contributed by atoms with Crippen LogP contribution in [0.4, 0.5) is 0 Å². The molecule has 116 valence electrons. The number of carbonyl (C=O) groups is 1. The summed E-state index contributed by atoms with van der Waals surface area (Å²) in [6, 6.07) is 13.2. The maximum Gasteiger partial charge on any atom is 0.258 e. The van der Waals surface area contributed by atoms with Crippen LogP contribution in [-0.4, -0.2) is 12.5 Å². The molecule has 0 aliphatic rings. The number of benzene rings is 2. The molecule has 2 aromatic carbocycles. The van der Waals surface area contributed by atoms with Gasteiger partial charge in [-0.15, -0.1) is 0 Å². The first-order chi connectivity index (χ1) is 10.5. The Morgan fingerprint density at radius 2 is 1.86 bits per heavy atom. The molecule has 0 aliphatic carbocycles. The highest BCUT2D eigenvalue weighted by atomic mass is 35.5. The molecule has 22 heavy (non-hydrogen) atoms. The zero-order valence-corrected chi connectivity index (χ0v) is 13.8. The van der Waals surface area contributed by atoms with Crippen molar-refractivity contribution in [3.63, 3.8) is 0 Å². The van der Waals surface area contributed by atoms with Crippen molar-refractivity contribution in [2.24, 2.45) is 0 Å². The topological polar surface area (TPSA) is 38.3 Å². The summed E-state index contributed by atoms with van der Waals surface area (Å²) in [4.78, 5) is 12.0. The number of rotatable bonds is 5. The van der Waals surface area contributed by atoms with Crippen LogP contribution in [0.15, 0.2) is 42.5 Å². The average Bonchev–Trinajstić information content (AvgIpc) is 2.49. The first-order valence-electron chi connectivity index (χ1n) is 7.21. The standard InChI is InChI=1S/C18H20ClNO2/c1-12-5-4-6-17(13(12)2)22-11-18(21)20-14(3)15-7-9-16(19)10-8-15/h4-10,14H,11H2,1-3H3,(H,20,21). The van der Waals surface area contributed by atoms with Gasteiger partial charge in [0.05, 0.1) is 6.04 Å². The normalized spacial score (nSPS) is 11.8. The Kier molecular flexibility index (Phi) is 5.45. The monoisotopic (exact) mass is 317 g/mol. The molecule has 2 rings (SSSR count). The molecule has 0 aliphatic heterocycles. The second kappa shape index (κ2) is 7.32. The largest absolute Gasteiger partial charge is 0.483 e. The van der Waals surface area contributed by atoms with Crippen molar-refractivity contribution in [1.82, 2.24) is 5.32 Å². The minimum absolute atomic E-state index is 0.00221. The molecule has 0 saturated heterocycles. The predicted molar refractivity (Wildman–Crippen MR) is 89.4 cm³/mol. The number of hydrogen-bond acceptors (Lipinski definition) is 2. The fraction of sp³-hybridized carbons (Fsp3) is 0.278. The summed E-state index contributed by atoms with van der Waals surface area (Å²) in [5.41, 5.74) is 3.21. The van der Waals surface area contributed by atoms with Crippen LogP contribution >= 0.6 is 11.6 Å². The SMILES string of the molecule is Cc1cccc(OCC(=O)NC(C)c2ccc(Cl)cc2)c1C. The quantitative estimate of drug-likeness (QED) is 0.897. The third kappa shape index (κ3) is 4.25. The zero-order chi connectivity index (χ0) is 16.1. The first-order valence-corrected chi connectivity index (χ1v) is 7.59. The van der Waals surface area contributed by atoms with Gasteiger partial charge in [0.25, 0.3) is 5.91 Å². The molecule has 1 N–H and O–H groups in total. The second-order valence-corrected chi connectivity index (χ2v) is 5.76. The highest BCUT2D eigenvalue weighted by Crippen LogP contribution is 2.20. The Hall–Kier alpha value is -2.00. The van der Waals surface area contributed by atoms with E-state index >= 15 is 0 Å². The Balaban J connectivity index is 1.90. The minimum Gasteiger partial charge on any atom is -0.483 e. The maximum absolute atomic E-state index is 12.0. The smallest absolute Gasteiger partial charge is 0.258 e. The molecule has 0 aromatic heterocycles. The molecule has 1 unspecified atom stereocenters. The van der Waals surface area contributed by atoms with Crippen LogP contribution in [0.2, 0.25) is 5.02 Å². The van der Waals surface area contributed by atoms with Gasteiger partial charge in [-0.2, -0.15) is 0 Å². The lowest BCUT2D eigenvalue weighted by Crippen LogP contribution is -2.31. The summed E-state index contributed by atoms with van der Waals surface area (Å²) in [7, 11) is 0. The van der Waals surface area contributed by atoms with E-state index in [-0.39, 0.29) is 18.6 Å². The van der Waals surface area contributed by atoms with Crippen LogP contribution < -0.4 is 10.1 Å². The minimum atomic E-state index is -0.150. The van der Waals surface area contributed by atoms with E-state index < -0.39 is 0 Å². The Bertz CT molecular complexity index is 653. The molecule has 3 nitrogen and oxygen atoms in total. The van der Waals surface area contributed by atoms with Crippen molar-refractivity contribution in [3.05, 3.63) is 64.2 Å². The molecule has 0 fully saturated rings. The molecule has 0 heterocycles. The Morgan fingerprint density at radius 3 is 2.55 bits per heavy atom. The first kappa shape index (κ1) is 16.4. The van der Waals surface area contributed by atoms with Crippen LogP contribution in [0, 0.1) is 13.8 Å². The molecule has 0 bridgehead atoms. The van der Waals surface area contributed by atoms with Crippen molar-refractivity contribution >= 4 is 17.5 Å². The van der Waals surface area contributed by atoms with E-state index in [4.69, 9.17) is 16.3 Å². The lowest BCUT2D eigenvalue weighted by molar-refractivity contribution is -0.123.